The second-order valence-electron chi connectivity index (χ2n) is 9.66. The summed E-state index contributed by atoms with van der Waals surface area (Å²) in [4.78, 5) is 13.4. The Morgan fingerprint density at radius 1 is 1.03 bits per heavy atom. The molecule has 6 heteroatoms. The van der Waals surface area contributed by atoms with Crippen molar-refractivity contribution in [1.29, 1.82) is 5.26 Å². The van der Waals surface area contributed by atoms with Crippen LogP contribution in [0.2, 0.25) is 0 Å². The second-order valence-corrected chi connectivity index (χ2v) is 9.66. The van der Waals surface area contributed by atoms with Crippen molar-refractivity contribution in [2.24, 2.45) is 5.92 Å². The van der Waals surface area contributed by atoms with Crippen LogP contribution in [-0.4, -0.2) is 84.5 Å². The van der Waals surface area contributed by atoms with E-state index in [0.717, 1.165) is 63.6 Å². The van der Waals surface area contributed by atoms with Gasteiger partial charge in [-0.05, 0) is 71.4 Å². The van der Waals surface area contributed by atoms with Crippen LogP contribution in [0.3, 0.4) is 0 Å². The van der Waals surface area contributed by atoms with Gasteiger partial charge in [0.1, 0.15) is 5.82 Å². The summed E-state index contributed by atoms with van der Waals surface area (Å²) in [7, 11) is 2.10. The lowest BCUT2D eigenvalue weighted by molar-refractivity contribution is 0.0858. The molecule has 0 unspecified atom stereocenters. The van der Waals surface area contributed by atoms with Crippen molar-refractivity contribution in [1.82, 2.24) is 19.6 Å². The predicted octanol–water partition coefficient (Wildman–Crippen LogP) is 3.60. The van der Waals surface area contributed by atoms with Crippen LogP contribution in [0.1, 0.15) is 58.8 Å². The number of allylic oxidation sites excluding steroid dienone is 1. The van der Waals surface area contributed by atoms with E-state index in [1.165, 1.54) is 38.9 Å². The summed E-state index contributed by atoms with van der Waals surface area (Å²) in [5.74, 6) is 1.63. The Balaban J connectivity index is 1.62. The van der Waals surface area contributed by atoms with Gasteiger partial charge in [-0.2, -0.15) is 0 Å². The van der Waals surface area contributed by atoms with E-state index < -0.39 is 0 Å². The van der Waals surface area contributed by atoms with Crippen LogP contribution < -0.4 is 0 Å². The first kappa shape index (κ1) is 22.9. The second kappa shape index (κ2) is 11.0. The molecule has 0 amide bonds. The maximum atomic E-state index is 9.67. The van der Waals surface area contributed by atoms with Gasteiger partial charge in [0.15, 0.2) is 0 Å². The van der Waals surface area contributed by atoms with E-state index >= 15 is 0 Å². The Morgan fingerprint density at radius 2 is 1.67 bits per heavy atom. The molecule has 166 valence electrons. The van der Waals surface area contributed by atoms with Crippen molar-refractivity contribution in [2.45, 2.75) is 70.9 Å². The molecule has 3 rings (SSSR count). The fraction of sp³-hybridized carbons (Fsp3) is 0.833. The van der Waals surface area contributed by atoms with Crippen molar-refractivity contribution in [3.05, 3.63) is 22.9 Å². The van der Waals surface area contributed by atoms with Gasteiger partial charge in [0.25, 0.3) is 0 Å². The van der Waals surface area contributed by atoms with Crippen molar-refractivity contribution in [3.8, 4) is 6.07 Å². The topological polar surface area (TPSA) is 41.1 Å². The molecule has 6 nitrogen and oxygen atoms in total. The molecule has 0 radical (unpaired) electrons. The molecule has 0 spiro atoms. The lowest BCUT2D eigenvalue weighted by Gasteiger charge is -2.45. The van der Waals surface area contributed by atoms with Gasteiger partial charge in [0.05, 0.1) is 12.6 Å². The van der Waals surface area contributed by atoms with Gasteiger partial charge in [0, 0.05) is 51.9 Å². The molecule has 0 aromatic heterocycles. The summed E-state index contributed by atoms with van der Waals surface area (Å²) >= 11 is 0. The molecule has 3 heterocycles. The smallest absolute Gasteiger partial charge is 0.300 e. The molecule has 0 saturated carbocycles. The van der Waals surface area contributed by atoms with Crippen molar-refractivity contribution >= 4 is 0 Å². The molecular formula is C24H40N6. The number of rotatable bonds is 6. The largest absolute Gasteiger partial charge is 0.366 e. The molecule has 0 N–H and O–H groups in total. The van der Waals surface area contributed by atoms with E-state index in [4.69, 9.17) is 6.57 Å². The average Bonchev–Trinajstić information content (AvgIpc) is 2.78. The minimum Gasteiger partial charge on any atom is -0.366 e. The highest BCUT2D eigenvalue weighted by atomic mass is 15.3. The monoisotopic (exact) mass is 412 g/mol. The highest BCUT2D eigenvalue weighted by Crippen LogP contribution is 2.29. The Kier molecular flexibility index (Phi) is 8.42. The molecule has 0 aromatic carbocycles. The van der Waals surface area contributed by atoms with E-state index in [0.29, 0.717) is 12.1 Å². The molecule has 3 fully saturated rings. The van der Waals surface area contributed by atoms with E-state index in [1.807, 2.05) is 0 Å². The highest BCUT2D eigenvalue weighted by molar-refractivity contribution is 5.32. The predicted molar refractivity (Wildman–Crippen MR) is 121 cm³/mol. The van der Waals surface area contributed by atoms with E-state index in [1.54, 1.807) is 0 Å². The number of piperidine rings is 3. The maximum Gasteiger partial charge on any atom is 0.300 e. The number of hydrogen-bond donors (Lipinski definition) is 0. The molecule has 30 heavy (non-hydrogen) atoms. The van der Waals surface area contributed by atoms with Gasteiger partial charge in [-0.15, -0.1) is 0 Å². The third-order valence-corrected chi connectivity index (χ3v) is 7.42. The van der Waals surface area contributed by atoms with Crippen LogP contribution in [0, 0.1) is 23.8 Å². The summed E-state index contributed by atoms with van der Waals surface area (Å²) < 4.78 is 0. The lowest BCUT2D eigenvalue weighted by Crippen LogP contribution is -2.49. The van der Waals surface area contributed by atoms with Crippen LogP contribution in [0.15, 0.2) is 11.5 Å². The van der Waals surface area contributed by atoms with Gasteiger partial charge in [-0.25, -0.2) is 10.1 Å². The Bertz CT molecular complexity index is 634. The summed E-state index contributed by atoms with van der Waals surface area (Å²) in [6.45, 7) is 20.0. The minimum absolute atomic E-state index is 0.262. The van der Waals surface area contributed by atoms with Gasteiger partial charge in [-0.3, -0.25) is 0 Å². The Morgan fingerprint density at radius 3 is 2.20 bits per heavy atom. The summed E-state index contributed by atoms with van der Waals surface area (Å²) in [5.41, 5.74) is 0.262. The zero-order chi connectivity index (χ0) is 21.5. The molecule has 0 aromatic rings. The van der Waals surface area contributed by atoms with E-state index in [9.17, 15) is 5.26 Å². The highest BCUT2D eigenvalue weighted by Gasteiger charge is 2.31. The minimum atomic E-state index is 0.262. The zero-order valence-electron chi connectivity index (χ0n) is 19.3. The Hall–Kier alpha value is -1.76. The third-order valence-electron chi connectivity index (χ3n) is 7.42. The molecular weight excluding hydrogens is 372 g/mol. The van der Waals surface area contributed by atoms with Gasteiger partial charge in [0.2, 0.25) is 0 Å². The number of likely N-dealkylation sites (tertiary alicyclic amines) is 3. The van der Waals surface area contributed by atoms with Gasteiger partial charge < -0.3 is 19.6 Å². The standard InChI is InChI=1S/C24H40N6/c1-20(2)29-16-10-22(11-17-29)27(4)24(23(18-25)26-3)30-14-8-21(9-15-30)19-28-12-6-5-7-13-28/h20-22H,5-17,19H2,1-2,4H3/b24-23+. The van der Waals surface area contributed by atoms with Crippen molar-refractivity contribution < 1.29 is 0 Å². The molecule has 0 atom stereocenters. The first-order valence-corrected chi connectivity index (χ1v) is 12.0. The average molecular weight is 413 g/mol. The van der Waals surface area contributed by atoms with Crippen molar-refractivity contribution in [3.63, 3.8) is 0 Å². The number of nitrogens with zero attached hydrogens (tertiary/aromatic N) is 6. The third kappa shape index (κ3) is 5.68. The van der Waals surface area contributed by atoms with Gasteiger partial charge >= 0.3 is 5.70 Å². The molecule has 3 aliphatic rings. The fourth-order valence-electron chi connectivity index (χ4n) is 5.46. The number of hydrogen-bond acceptors (Lipinski definition) is 5. The Labute approximate surface area is 183 Å². The quantitative estimate of drug-likeness (QED) is 0.492. The van der Waals surface area contributed by atoms with Crippen LogP contribution in [0.4, 0.5) is 0 Å². The zero-order valence-corrected chi connectivity index (χ0v) is 19.3. The van der Waals surface area contributed by atoms with Crippen LogP contribution in [0.5, 0.6) is 0 Å². The van der Waals surface area contributed by atoms with Crippen LogP contribution >= 0.6 is 0 Å². The van der Waals surface area contributed by atoms with E-state index in [2.05, 4.69) is 51.4 Å². The number of nitriles is 1. The first-order valence-electron chi connectivity index (χ1n) is 12.0. The van der Waals surface area contributed by atoms with Gasteiger partial charge in [-0.1, -0.05) is 6.42 Å². The molecule has 3 saturated heterocycles. The summed E-state index contributed by atoms with van der Waals surface area (Å²) in [6.07, 6.45) is 8.61. The maximum absolute atomic E-state index is 9.67. The molecule has 0 bridgehead atoms. The fourth-order valence-corrected chi connectivity index (χ4v) is 5.46. The van der Waals surface area contributed by atoms with Crippen molar-refractivity contribution in [2.75, 3.05) is 52.9 Å². The summed E-state index contributed by atoms with van der Waals surface area (Å²) in [6, 6.07) is 3.19. The molecule has 3 aliphatic heterocycles. The van der Waals surface area contributed by atoms with E-state index in [-0.39, 0.29) is 5.70 Å². The van der Waals surface area contributed by atoms with Crippen LogP contribution in [0.25, 0.3) is 4.85 Å². The molecule has 0 aliphatic carbocycles. The SMILES string of the molecule is [C-]#[N+]/C(C#N)=C(/N1CCC(CN2CCCCC2)CC1)N(C)C1CCN(C(C)C)CC1. The van der Waals surface area contributed by atoms with Crippen LogP contribution in [-0.2, 0) is 0 Å². The lowest BCUT2D eigenvalue weighted by atomic mass is 9.95. The first-order chi connectivity index (χ1) is 14.5. The summed E-state index contributed by atoms with van der Waals surface area (Å²) in [5, 5.41) is 9.67. The normalized spacial score (nSPS) is 23.7.